The number of anilines is 2. The van der Waals surface area contributed by atoms with Crippen molar-refractivity contribution in [2.45, 2.75) is 38.1 Å². The maximum Gasteiger partial charge on any atom is 0.251 e. The van der Waals surface area contributed by atoms with Gasteiger partial charge in [0.2, 0.25) is 11.8 Å². The van der Waals surface area contributed by atoms with E-state index in [0.29, 0.717) is 17.2 Å². The van der Waals surface area contributed by atoms with Crippen LogP contribution in [0.2, 0.25) is 0 Å². The predicted octanol–water partition coefficient (Wildman–Crippen LogP) is 2.62. The summed E-state index contributed by atoms with van der Waals surface area (Å²) >= 11 is -2.61. The van der Waals surface area contributed by atoms with Crippen molar-refractivity contribution in [3.8, 4) is 0 Å². The lowest BCUT2D eigenvalue weighted by Crippen LogP contribution is -2.62. The Morgan fingerprint density at radius 1 is 1.16 bits per heavy atom. The molecule has 0 aliphatic heterocycles. The molecule has 0 radical (unpaired) electrons. The quantitative estimate of drug-likeness (QED) is 0.665. The lowest BCUT2D eigenvalue weighted by atomic mass is 9.47. The Kier molecular flexibility index (Phi) is 4.90. The van der Waals surface area contributed by atoms with Crippen molar-refractivity contribution in [1.82, 2.24) is 5.32 Å². The number of hydrogen-bond acceptors (Lipinski definition) is 5. The fraction of sp³-hybridized carbons (Fsp3) is 0.455. The maximum atomic E-state index is 13.1. The van der Waals surface area contributed by atoms with E-state index >= 15 is 0 Å². The van der Waals surface area contributed by atoms with E-state index in [1.165, 1.54) is 18.4 Å². The van der Waals surface area contributed by atoms with E-state index in [4.69, 9.17) is 10.2 Å². The van der Waals surface area contributed by atoms with Gasteiger partial charge in [-0.2, -0.15) is 0 Å². The van der Waals surface area contributed by atoms with Crippen LogP contribution in [0, 0.1) is 23.2 Å². The van der Waals surface area contributed by atoms with Crippen LogP contribution in [0.4, 0.5) is 11.6 Å². The van der Waals surface area contributed by atoms with Gasteiger partial charge in [0.25, 0.3) is 5.91 Å². The third-order valence-corrected chi connectivity index (χ3v) is 7.98. The third-order valence-electron chi connectivity index (χ3n) is 7.29. The Hall–Kier alpha value is -2.65. The SMILES string of the molecule is NC(=O)C12CC3CC(C1)C(NC(=O)c1cccc(N(c4ccco4)S(=O)[O-])c1)C(C3)C2. The molecule has 8 nitrogen and oxygen atoms in total. The first-order valence-corrected chi connectivity index (χ1v) is 11.5. The Morgan fingerprint density at radius 3 is 2.52 bits per heavy atom. The summed E-state index contributed by atoms with van der Waals surface area (Å²) in [6.07, 6.45) is 5.77. The van der Waals surface area contributed by atoms with Crippen LogP contribution in [0.1, 0.15) is 42.5 Å². The first-order valence-electron chi connectivity index (χ1n) is 10.5. The van der Waals surface area contributed by atoms with Crippen LogP contribution in [-0.2, 0) is 16.1 Å². The van der Waals surface area contributed by atoms with E-state index in [1.54, 1.807) is 24.3 Å². The van der Waals surface area contributed by atoms with Crippen molar-refractivity contribution >= 4 is 34.7 Å². The fourth-order valence-corrected chi connectivity index (χ4v) is 6.78. The van der Waals surface area contributed by atoms with Gasteiger partial charge in [0.05, 0.1) is 23.2 Å². The van der Waals surface area contributed by atoms with Gasteiger partial charge in [-0.3, -0.25) is 13.8 Å². The van der Waals surface area contributed by atoms with Gasteiger partial charge < -0.3 is 20.0 Å². The summed E-state index contributed by atoms with van der Waals surface area (Å²) in [6, 6.07) is 9.58. The number of benzene rings is 1. The van der Waals surface area contributed by atoms with Crippen molar-refractivity contribution < 1.29 is 22.8 Å². The molecule has 164 valence electrons. The summed E-state index contributed by atoms with van der Waals surface area (Å²) in [6.45, 7) is 0. The highest BCUT2D eigenvalue weighted by atomic mass is 32.2. The van der Waals surface area contributed by atoms with Crippen LogP contribution in [0.15, 0.2) is 47.1 Å². The third kappa shape index (κ3) is 3.45. The van der Waals surface area contributed by atoms with Gasteiger partial charge in [-0.25, -0.2) is 4.31 Å². The zero-order valence-corrected chi connectivity index (χ0v) is 17.7. The number of primary amides is 1. The first kappa shape index (κ1) is 20.3. The average Bonchev–Trinajstić information content (AvgIpc) is 3.24. The summed E-state index contributed by atoms with van der Waals surface area (Å²) in [7, 11) is 0. The molecule has 9 heteroatoms. The molecule has 4 saturated carbocycles. The maximum absolute atomic E-state index is 13.1. The number of nitrogens with one attached hydrogen (secondary N) is 1. The summed E-state index contributed by atoms with van der Waals surface area (Å²) in [5, 5.41) is 3.18. The molecule has 31 heavy (non-hydrogen) atoms. The normalized spacial score (nSPS) is 31.9. The molecule has 4 aliphatic rings. The van der Waals surface area contributed by atoms with Gasteiger partial charge in [-0.1, -0.05) is 6.07 Å². The van der Waals surface area contributed by atoms with E-state index < -0.39 is 16.7 Å². The number of amides is 2. The molecule has 2 amide bonds. The molecule has 0 spiro atoms. The monoisotopic (exact) mass is 442 g/mol. The minimum atomic E-state index is -2.61. The van der Waals surface area contributed by atoms with E-state index in [9.17, 15) is 18.4 Å². The van der Waals surface area contributed by atoms with Crippen LogP contribution in [-0.4, -0.2) is 26.6 Å². The van der Waals surface area contributed by atoms with E-state index in [0.717, 1.165) is 36.4 Å². The smallest absolute Gasteiger partial charge is 0.251 e. The van der Waals surface area contributed by atoms with Gasteiger partial charge in [0, 0.05) is 23.1 Å². The Labute approximate surface area is 182 Å². The molecule has 4 aliphatic carbocycles. The molecule has 1 aromatic carbocycles. The zero-order valence-electron chi connectivity index (χ0n) is 16.9. The van der Waals surface area contributed by atoms with Crippen LogP contribution in [0.25, 0.3) is 0 Å². The number of hydrogen-bond donors (Lipinski definition) is 2. The zero-order chi connectivity index (χ0) is 21.8. The topological polar surface area (TPSA) is 129 Å². The molecular weight excluding hydrogens is 418 g/mol. The molecule has 6 rings (SSSR count). The second-order valence-corrected chi connectivity index (χ2v) is 9.93. The molecule has 0 saturated heterocycles. The largest absolute Gasteiger partial charge is 0.755 e. The Morgan fingerprint density at radius 2 is 1.90 bits per heavy atom. The second kappa shape index (κ2) is 7.49. The van der Waals surface area contributed by atoms with Crippen LogP contribution in [0.5, 0.6) is 0 Å². The summed E-state index contributed by atoms with van der Waals surface area (Å²) in [5.74, 6) is 0.704. The number of carbonyl (C=O) groups is 2. The minimum Gasteiger partial charge on any atom is -0.755 e. The van der Waals surface area contributed by atoms with Crippen LogP contribution in [0.3, 0.4) is 0 Å². The van der Waals surface area contributed by atoms with Gasteiger partial charge >= 0.3 is 0 Å². The summed E-state index contributed by atoms with van der Waals surface area (Å²) in [4.78, 5) is 25.2. The second-order valence-electron chi connectivity index (χ2n) is 9.13. The fourth-order valence-electron chi connectivity index (χ4n) is 6.24. The van der Waals surface area contributed by atoms with Crippen LogP contribution < -0.4 is 15.4 Å². The van der Waals surface area contributed by atoms with Gasteiger partial charge in [-0.15, -0.1) is 0 Å². The molecule has 1 aromatic heterocycles. The number of furan rings is 1. The van der Waals surface area contributed by atoms with Crippen molar-refractivity contribution in [3.63, 3.8) is 0 Å². The molecular formula is C22H24N3O5S-. The number of nitrogens with zero attached hydrogens (tertiary/aromatic N) is 1. The molecule has 3 N–H and O–H groups in total. The van der Waals surface area contributed by atoms with Crippen LogP contribution >= 0.6 is 0 Å². The molecule has 4 fully saturated rings. The predicted molar refractivity (Wildman–Crippen MR) is 113 cm³/mol. The molecule has 3 atom stereocenters. The van der Waals surface area contributed by atoms with Crippen molar-refractivity contribution in [2.24, 2.45) is 28.9 Å². The minimum absolute atomic E-state index is 0.00926. The van der Waals surface area contributed by atoms with E-state index in [1.807, 2.05) is 0 Å². The van der Waals surface area contributed by atoms with Crippen molar-refractivity contribution in [1.29, 1.82) is 0 Å². The molecule has 3 unspecified atom stereocenters. The number of nitrogens with two attached hydrogens (primary N) is 1. The van der Waals surface area contributed by atoms with E-state index in [2.05, 4.69) is 5.32 Å². The van der Waals surface area contributed by atoms with Gasteiger partial charge in [0.1, 0.15) is 0 Å². The van der Waals surface area contributed by atoms with E-state index in [-0.39, 0.29) is 35.6 Å². The molecule has 2 aromatic rings. The average molecular weight is 443 g/mol. The van der Waals surface area contributed by atoms with Gasteiger partial charge in [-0.05, 0) is 74.1 Å². The standard InChI is InChI=1S/C22H25N3O5S/c23-21(27)22-10-13-7-15(11-22)19(16(8-13)12-22)24-20(26)14-3-1-4-17(9-14)25(31(28)29)18-5-2-6-30-18/h1-6,9,13,15-16,19H,7-8,10-12H2,(H2,23,27)(H,24,26)(H,28,29)/p-1. The molecule has 1 heterocycles. The highest BCUT2D eigenvalue weighted by molar-refractivity contribution is 7.81. The van der Waals surface area contributed by atoms with Crippen molar-refractivity contribution in [2.75, 3.05) is 4.31 Å². The summed E-state index contributed by atoms with van der Waals surface area (Å²) in [5.41, 5.74) is 6.03. The summed E-state index contributed by atoms with van der Waals surface area (Å²) < 4.78 is 29.8. The lowest BCUT2D eigenvalue weighted by molar-refractivity contribution is -0.145. The Bertz CT molecular complexity index is 1020. The first-order chi connectivity index (χ1) is 14.9. The van der Waals surface area contributed by atoms with Crippen molar-refractivity contribution in [3.05, 3.63) is 48.2 Å². The van der Waals surface area contributed by atoms with Gasteiger partial charge in [0.15, 0.2) is 0 Å². The molecule has 4 bridgehead atoms. The Balaban J connectivity index is 1.36. The lowest BCUT2D eigenvalue weighted by Gasteiger charge is -2.58. The number of carbonyl (C=O) groups excluding carboxylic acids is 2. The number of rotatable bonds is 6. The highest BCUT2D eigenvalue weighted by Gasteiger charge is 2.58. The highest BCUT2D eigenvalue weighted by Crippen LogP contribution is 2.59.